The van der Waals surface area contributed by atoms with Gasteiger partial charge in [-0.05, 0) is 38.3 Å². The van der Waals surface area contributed by atoms with Gasteiger partial charge in [0.1, 0.15) is 11.6 Å². The summed E-state index contributed by atoms with van der Waals surface area (Å²) in [5.74, 6) is 1.45. The van der Waals surface area contributed by atoms with Gasteiger partial charge in [-0.3, -0.25) is 0 Å². The zero-order valence-corrected chi connectivity index (χ0v) is 11.9. The number of hydrogen-bond donors (Lipinski definition) is 0. The second-order valence-corrected chi connectivity index (χ2v) is 5.08. The van der Waals surface area contributed by atoms with Crippen LogP contribution in [0.25, 0.3) is 11.0 Å². The minimum absolute atomic E-state index is 0.282. The first-order chi connectivity index (χ1) is 9.22. The number of nitrogens with zero attached hydrogens (tertiary/aromatic N) is 2. The third kappa shape index (κ3) is 3.43. The van der Waals surface area contributed by atoms with Gasteiger partial charge in [-0.2, -0.15) is 0 Å². The zero-order valence-electron chi connectivity index (χ0n) is 11.9. The highest BCUT2D eigenvalue weighted by atomic mass is 16.1. The van der Waals surface area contributed by atoms with Crippen molar-refractivity contribution in [1.82, 2.24) is 9.55 Å². The molecule has 0 radical (unpaired) electrons. The van der Waals surface area contributed by atoms with E-state index in [1.165, 1.54) is 11.3 Å². The fraction of sp³-hybridized carbons (Fsp3) is 0.500. The van der Waals surface area contributed by atoms with Crippen molar-refractivity contribution in [3.8, 4) is 0 Å². The first kappa shape index (κ1) is 13.8. The quantitative estimate of drug-likeness (QED) is 0.709. The molecule has 0 atom stereocenters. The number of fused-ring (bicyclic) bond motifs is 1. The van der Waals surface area contributed by atoms with Crippen molar-refractivity contribution in [2.24, 2.45) is 0 Å². The lowest BCUT2D eigenvalue weighted by Crippen LogP contribution is -2.04. The van der Waals surface area contributed by atoms with E-state index in [9.17, 15) is 4.79 Å². The highest BCUT2D eigenvalue weighted by Gasteiger charge is 2.09. The summed E-state index contributed by atoms with van der Waals surface area (Å²) in [6.45, 7) is 4.80. The number of carbonyl (C=O) groups is 1. The smallest absolute Gasteiger partial charge is 0.129 e. The van der Waals surface area contributed by atoms with E-state index in [0.29, 0.717) is 6.42 Å². The molecular weight excluding hydrogens is 236 g/mol. The molecule has 3 nitrogen and oxygen atoms in total. The Bertz CT molecular complexity index is 557. The first-order valence-electron chi connectivity index (χ1n) is 7.16. The Hall–Kier alpha value is -1.64. The Morgan fingerprint density at radius 2 is 2.05 bits per heavy atom. The SMILES string of the molecule is CCCc1nc2ccccc2n1CCCCC(C)=O. The predicted octanol–water partition coefficient (Wildman–Crippen LogP) is 3.75. The van der Waals surface area contributed by atoms with Crippen molar-refractivity contribution in [3.05, 3.63) is 30.1 Å². The fourth-order valence-corrected chi connectivity index (χ4v) is 2.43. The van der Waals surface area contributed by atoms with Crippen LogP contribution >= 0.6 is 0 Å². The maximum absolute atomic E-state index is 11.0. The molecule has 102 valence electrons. The monoisotopic (exact) mass is 258 g/mol. The molecular formula is C16H22N2O. The molecule has 0 aliphatic carbocycles. The van der Waals surface area contributed by atoms with Crippen molar-refractivity contribution >= 4 is 16.8 Å². The minimum Gasteiger partial charge on any atom is -0.328 e. The summed E-state index contributed by atoms with van der Waals surface area (Å²) in [7, 11) is 0. The van der Waals surface area contributed by atoms with Crippen LogP contribution in [-0.4, -0.2) is 15.3 Å². The highest BCUT2D eigenvalue weighted by molar-refractivity contribution is 5.76. The number of benzene rings is 1. The molecule has 0 unspecified atom stereocenters. The number of para-hydroxylation sites is 2. The zero-order chi connectivity index (χ0) is 13.7. The molecule has 2 aromatic rings. The van der Waals surface area contributed by atoms with Gasteiger partial charge < -0.3 is 9.36 Å². The van der Waals surface area contributed by atoms with Gasteiger partial charge in [-0.25, -0.2) is 4.98 Å². The van der Waals surface area contributed by atoms with Crippen molar-refractivity contribution in [2.75, 3.05) is 0 Å². The Morgan fingerprint density at radius 1 is 1.26 bits per heavy atom. The molecule has 0 saturated carbocycles. The molecule has 0 saturated heterocycles. The molecule has 0 aliphatic rings. The maximum Gasteiger partial charge on any atom is 0.129 e. The molecule has 0 N–H and O–H groups in total. The normalized spacial score (nSPS) is 11.1. The van der Waals surface area contributed by atoms with Crippen LogP contribution in [0, 0.1) is 0 Å². The van der Waals surface area contributed by atoms with Gasteiger partial charge in [-0.1, -0.05) is 19.1 Å². The number of ketones is 1. The fourth-order valence-electron chi connectivity index (χ4n) is 2.43. The minimum atomic E-state index is 0.282. The summed E-state index contributed by atoms with van der Waals surface area (Å²) in [4.78, 5) is 15.7. The van der Waals surface area contributed by atoms with Crippen molar-refractivity contribution in [2.45, 2.75) is 52.5 Å². The molecule has 19 heavy (non-hydrogen) atoms. The molecule has 0 fully saturated rings. The van der Waals surface area contributed by atoms with Gasteiger partial charge in [0.15, 0.2) is 0 Å². The lowest BCUT2D eigenvalue weighted by Gasteiger charge is -2.08. The van der Waals surface area contributed by atoms with E-state index in [1.54, 1.807) is 6.92 Å². The van der Waals surface area contributed by atoms with Crippen molar-refractivity contribution in [3.63, 3.8) is 0 Å². The second kappa shape index (κ2) is 6.50. The summed E-state index contributed by atoms with van der Waals surface area (Å²) >= 11 is 0. The molecule has 0 bridgehead atoms. The van der Waals surface area contributed by atoms with Gasteiger partial charge in [-0.15, -0.1) is 0 Å². The molecule has 0 amide bonds. The Labute approximate surface area is 114 Å². The third-order valence-electron chi connectivity index (χ3n) is 3.37. The summed E-state index contributed by atoms with van der Waals surface area (Å²) in [6, 6.07) is 8.30. The third-order valence-corrected chi connectivity index (χ3v) is 3.37. The topological polar surface area (TPSA) is 34.9 Å². The van der Waals surface area contributed by atoms with Gasteiger partial charge in [0.2, 0.25) is 0 Å². The average Bonchev–Trinajstić information content (AvgIpc) is 2.73. The van der Waals surface area contributed by atoms with Crippen LogP contribution in [0.15, 0.2) is 24.3 Å². The Balaban J connectivity index is 2.14. The number of unbranched alkanes of at least 4 members (excludes halogenated alkanes) is 1. The van der Waals surface area contributed by atoms with Crippen LogP contribution < -0.4 is 0 Å². The Kier molecular flexibility index (Phi) is 4.72. The van der Waals surface area contributed by atoms with E-state index < -0.39 is 0 Å². The van der Waals surface area contributed by atoms with Crippen LogP contribution in [0.2, 0.25) is 0 Å². The highest BCUT2D eigenvalue weighted by Crippen LogP contribution is 2.18. The van der Waals surface area contributed by atoms with E-state index in [2.05, 4.69) is 29.7 Å². The molecule has 2 rings (SSSR count). The van der Waals surface area contributed by atoms with Crippen molar-refractivity contribution in [1.29, 1.82) is 0 Å². The van der Waals surface area contributed by atoms with Crippen LogP contribution in [-0.2, 0) is 17.8 Å². The van der Waals surface area contributed by atoms with E-state index in [4.69, 9.17) is 4.98 Å². The molecule has 3 heteroatoms. The summed E-state index contributed by atoms with van der Waals surface area (Å²) in [6.07, 6.45) is 4.82. The van der Waals surface area contributed by atoms with Crippen LogP contribution in [0.4, 0.5) is 0 Å². The molecule has 1 aromatic carbocycles. The molecule has 0 aliphatic heterocycles. The van der Waals surface area contributed by atoms with Crippen molar-refractivity contribution < 1.29 is 4.79 Å². The van der Waals surface area contributed by atoms with Crippen LogP contribution in [0.1, 0.15) is 45.4 Å². The van der Waals surface area contributed by atoms with Gasteiger partial charge in [0.25, 0.3) is 0 Å². The number of rotatable bonds is 7. The number of carbonyl (C=O) groups excluding carboxylic acids is 1. The molecule has 0 spiro atoms. The lowest BCUT2D eigenvalue weighted by molar-refractivity contribution is -0.117. The average molecular weight is 258 g/mol. The number of Topliss-reactive ketones (excluding diaryl/α,β-unsaturated/α-hetero) is 1. The Morgan fingerprint density at radius 3 is 2.79 bits per heavy atom. The van der Waals surface area contributed by atoms with E-state index in [0.717, 1.165) is 37.7 Å². The largest absolute Gasteiger partial charge is 0.328 e. The number of imidazole rings is 1. The second-order valence-electron chi connectivity index (χ2n) is 5.08. The van der Waals surface area contributed by atoms with Gasteiger partial charge >= 0.3 is 0 Å². The summed E-state index contributed by atoms with van der Waals surface area (Å²) in [5.41, 5.74) is 2.30. The number of aromatic nitrogens is 2. The first-order valence-corrected chi connectivity index (χ1v) is 7.16. The number of hydrogen-bond acceptors (Lipinski definition) is 2. The van der Waals surface area contributed by atoms with E-state index in [-0.39, 0.29) is 5.78 Å². The predicted molar refractivity (Wildman–Crippen MR) is 78.3 cm³/mol. The standard InChI is InChI=1S/C16H22N2O/c1-3-8-16-17-14-10-4-5-11-15(14)18(16)12-7-6-9-13(2)19/h4-5,10-11H,3,6-9,12H2,1-2H3. The lowest BCUT2D eigenvalue weighted by atomic mass is 10.2. The number of aryl methyl sites for hydroxylation is 2. The molecule has 1 aromatic heterocycles. The summed E-state index contributed by atoms with van der Waals surface area (Å²) in [5, 5.41) is 0. The summed E-state index contributed by atoms with van der Waals surface area (Å²) < 4.78 is 2.32. The molecule has 1 heterocycles. The van der Waals surface area contributed by atoms with Gasteiger partial charge in [0.05, 0.1) is 11.0 Å². The van der Waals surface area contributed by atoms with E-state index >= 15 is 0 Å². The van der Waals surface area contributed by atoms with Crippen LogP contribution in [0.3, 0.4) is 0 Å². The van der Waals surface area contributed by atoms with E-state index in [1.807, 2.05) is 6.07 Å². The maximum atomic E-state index is 11.0. The van der Waals surface area contributed by atoms with Gasteiger partial charge in [0, 0.05) is 19.4 Å². The van der Waals surface area contributed by atoms with Crippen LogP contribution in [0.5, 0.6) is 0 Å².